The van der Waals surface area contributed by atoms with Crippen molar-refractivity contribution in [1.82, 2.24) is 0 Å². The highest BCUT2D eigenvalue weighted by Crippen LogP contribution is 1.82. The first-order valence-electron chi connectivity index (χ1n) is 13.8. The fraction of sp³-hybridized carbons (Fsp3) is 0.158. The van der Waals surface area contributed by atoms with Gasteiger partial charge in [-0.25, -0.2) is 0 Å². The summed E-state index contributed by atoms with van der Waals surface area (Å²) in [5.41, 5.74) is 0. The van der Waals surface area contributed by atoms with E-state index in [0.717, 1.165) is 0 Å². The summed E-state index contributed by atoms with van der Waals surface area (Å²) in [6.45, 7) is 7.31. The second-order valence-corrected chi connectivity index (χ2v) is 7.62. The zero-order valence-electron chi connectivity index (χ0n) is 25.4. The maximum Gasteiger partial charge on any atom is 0.302 e. The van der Waals surface area contributed by atoms with Gasteiger partial charge in [-0.1, -0.05) is 182 Å². The minimum absolute atomic E-state index is 0.211. The van der Waals surface area contributed by atoms with Crippen LogP contribution in [-0.4, -0.2) is 25.2 Å². The third-order valence-electron chi connectivity index (χ3n) is 4.03. The molecule has 5 rings (SSSR count). The standard InChI is InChI=1S/5C6H6.2C4H8O2/c5*1-2-4-6-5-3-1;2*1-3-6-4(2)5/h5*1-6H;2*3H2,1-2H3. The SMILES string of the molecule is CCOC(C)=O.CCOC(C)=O.c1ccccc1.c1ccccc1.c1ccccc1.c1ccccc1.c1ccccc1. The van der Waals surface area contributed by atoms with Crippen LogP contribution in [0.2, 0.25) is 0 Å². The van der Waals surface area contributed by atoms with Crippen molar-refractivity contribution in [2.75, 3.05) is 13.2 Å². The highest BCUT2D eigenvalue weighted by molar-refractivity contribution is 5.66. The first-order valence-corrected chi connectivity index (χ1v) is 13.8. The zero-order chi connectivity index (χ0) is 31.2. The molecular weight excluding hydrogens is 520 g/mol. The highest BCUT2D eigenvalue weighted by Gasteiger charge is 1.82. The van der Waals surface area contributed by atoms with Gasteiger partial charge in [0, 0.05) is 13.8 Å². The summed E-state index contributed by atoms with van der Waals surface area (Å²) in [4.78, 5) is 19.6. The molecule has 5 aromatic rings. The number of hydrogen-bond acceptors (Lipinski definition) is 4. The molecule has 0 aliphatic carbocycles. The Bertz CT molecular complexity index is 790. The Morgan fingerprint density at radius 3 is 0.429 bits per heavy atom. The fourth-order valence-electron chi connectivity index (χ4n) is 2.33. The Morgan fingerprint density at radius 1 is 0.310 bits per heavy atom. The molecule has 0 aromatic heterocycles. The van der Waals surface area contributed by atoms with Crippen LogP contribution in [-0.2, 0) is 19.1 Å². The summed E-state index contributed by atoms with van der Waals surface area (Å²) >= 11 is 0. The van der Waals surface area contributed by atoms with Crippen LogP contribution in [0.5, 0.6) is 0 Å². The van der Waals surface area contributed by atoms with E-state index in [4.69, 9.17) is 0 Å². The lowest BCUT2D eigenvalue weighted by Crippen LogP contribution is -1.95. The van der Waals surface area contributed by atoms with E-state index in [0.29, 0.717) is 13.2 Å². The topological polar surface area (TPSA) is 52.6 Å². The molecule has 0 atom stereocenters. The fourth-order valence-corrected chi connectivity index (χ4v) is 2.33. The molecule has 4 heteroatoms. The molecule has 0 bridgehead atoms. The van der Waals surface area contributed by atoms with Gasteiger partial charge in [0.15, 0.2) is 0 Å². The quantitative estimate of drug-likeness (QED) is 0.200. The van der Waals surface area contributed by atoms with Gasteiger partial charge in [-0.05, 0) is 13.8 Å². The van der Waals surface area contributed by atoms with E-state index in [9.17, 15) is 9.59 Å². The number of benzene rings is 5. The number of carbonyl (C=O) groups excluding carboxylic acids is 2. The smallest absolute Gasteiger partial charge is 0.302 e. The van der Waals surface area contributed by atoms with Crippen molar-refractivity contribution in [3.05, 3.63) is 182 Å². The van der Waals surface area contributed by atoms with Gasteiger partial charge in [0.05, 0.1) is 13.2 Å². The van der Waals surface area contributed by atoms with Crippen molar-refractivity contribution in [3.63, 3.8) is 0 Å². The number of rotatable bonds is 2. The van der Waals surface area contributed by atoms with Gasteiger partial charge in [-0.2, -0.15) is 0 Å². The largest absolute Gasteiger partial charge is 0.466 e. The van der Waals surface area contributed by atoms with Gasteiger partial charge < -0.3 is 9.47 Å². The van der Waals surface area contributed by atoms with Crippen molar-refractivity contribution in [2.24, 2.45) is 0 Å². The number of esters is 2. The van der Waals surface area contributed by atoms with E-state index in [-0.39, 0.29) is 11.9 Å². The Hall–Kier alpha value is -4.96. The van der Waals surface area contributed by atoms with Crippen molar-refractivity contribution in [3.8, 4) is 0 Å². The molecule has 0 spiro atoms. The number of ether oxygens (including phenoxy) is 2. The van der Waals surface area contributed by atoms with Crippen molar-refractivity contribution in [2.45, 2.75) is 27.7 Å². The third-order valence-corrected chi connectivity index (χ3v) is 4.03. The van der Waals surface area contributed by atoms with Gasteiger partial charge in [-0.3, -0.25) is 9.59 Å². The Morgan fingerprint density at radius 2 is 0.405 bits per heavy atom. The Kier molecular flexibility index (Phi) is 33.6. The van der Waals surface area contributed by atoms with Crippen LogP contribution in [0.3, 0.4) is 0 Å². The lowest BCUT2D eigenvalue weighted by atomic mass is 10.4. The molecule has 0 radical (unpaired) electrons. The van der Waals surface area contributed by atoms with Crippen molar-refractivity contribution in [1.29, 1.82) is 0 Å². The van der Waals surface area contributed by atoms with E-state index in [1.165, 1.54) is 13.8 Å². The van der Waals surface area contributed by atoms with Crippen LogP contribution in [0.25, 0.3) is 0 Å². The molecule has 0 N–H and O–H groups in total. The molecule has 222 valence electrons. The first-order chi connectivity index (χ1) is 20.5. The highest BCUT2D eigenvalue weighted by atomic mass is 16.5. The van der Waals surface area contributed by atoms with Crippen LogP contribution in [0.4, 0.5) is 0 Å². The molecule has 4 nitrogen and oxygen atoms in total. The maximum absolute atomic E-state index is 9.82. The normalized spacial score (nSPS) is 7.90. The summed E-state index contributed by atoms with van der Waals surface area (Å²) in [5.74, 6) is -0.421. The molecule has 0 heterocycles. The third kappa shape index (κ3) is 42.1. The van der Waals surface area contributed by atoms with Gasteiger partial charge in [0.1, 0.15) is 0 Å². The van der Waals surface area contributed by atoms with Crippen LogP contribution in [0.15, 0.2) is 182 Å². The lowest BCUT2D eigenvalue weighted by Gasteiger charge is -1.89. The van der Waals surface area contributed by atoms with Crippen LogP contribution < -0.4 is 0 Å². The molecule has 42 heavy (non-hydrogen) atoms. The first kappa shape index (κ1) is 39.2. The van der Waals surface area contributed by atoms with Crippen molar-refractivity contribution < 1.29 is 19.1 Å². The Labute approximate surface area is 253 Å². The van der Waals surface area contributed by atoms with Crippen LogP contribution in [0.1, 0.15) is 27.7 Å². The van der Waals surface area contributed by atoms with Crippen molar-refractivity contribution >= 4 is 11.9 Å². The average Bonchev–Trinajstić information content (AvgIpc) is 3.07. The second kappa shape index (κ2) is 36.0. The second-order valence-electron chi connectivity index (χ2n) is 7.62. The molecule has 0 saturated carbocycles. The van der Waals surface area contributed by atoms with Gasteiger partial charge >= 0.3 is 11.9 Å². The molecule has 0 amide bonds. The molecule has 0 unspecified atom stereocenters. The predicted molar refractivity (Wildman–Crippen MR) is 177 cm³/mol. The Balaban J connectivity index is 0. The van der Waals surface area contributed by atoms with Crippen LogP contribution >= 0.6 is 0 Å². The molecule has 0 aliphatic rings. The van der Waals surface area contributed by atoms with E-state index in [1.807, 2.05) is 182 Å². The lowest BCUT2D eigenvalue weighted by molar-refractivity contribution is -0.141. The summed E-state index contributed by atoms with van der Waals surface area (Å²) in [6.07, 6.45) is 0. The molecule has 0 fully saturated rings. The van der Waals surface area contributed by atoms with E-state index < -0.39 is 0 Å². The monoisotopic (exact) mass is 566 g/mol. The van der Waals surface area contributed by atoms with Gasteiger partial charge in [-0.15, -0.1) is 0 Å². The summed E-state index contributed by atoms with van der Waals surface area (Å²) < 4.78 is 8.81. The summed E-state index contributed by atoms with van der Waals surface area (Å²) in [7, 11) is 0. The van der Waals surface area contributed by atoms with E-state index >= 15 is 0 Å². The summed E-state index contributed by atoms with van der Waals surface area (Å²) in [6, 6.07) is 60.0. The van der Waals surface area contributed by atoms with Gasteiger partial charge in [0.2, 0.25) is 0 Å². The summed E-state index contributed by atoms with van der Waals surface area (Å²) in [5, 5.41) is 0. The molecule has 5 aromatic carbocycles. The minimum atomic E-state index is -0.211. The zero-order valence-corrected chi connectivity index (χ0v) is 25.4. The predicted octanol–water partition coefficient (Wildman–Crippen LogP) is 9.57. The van der Waals surface area contributed by atoms with E-state index in [2.05, 4.69) is 9.47 Å². The molecule has 0 saturated heterocycles. The van der Waals surface area contributed by atoms with E-state index in [1.54, 1.807) is 13.8 Å². The molecular formula is C38H46O4. The maximum atomic E-state index is 9.82. The number of carbonyl (C=O) groups is 2. The minimum Gasteiger partial charge on any atom is -0.466 e. The number of hydrogen-bond donors (Lipinski definition) is 0. The molecule has 0 aliphatic heterocycles. The van der Waals surface area contributed by atoms with Gasteiger partial charge in [0.25, 0.3) is 0 Å². The van der Waals surface area contributed by atoms with Crippen LogP contribution in [0, 0.1) is 0 Å². The average molecular weight is 567 g/mol.